The number of methoxy groups -OCH3 is 1. The Morgan fingerprint density at radius 1 is 1.33 bits per heavy atom. The Balaban J connectivity index is 2.60. The lowest BCUT2D eigenvalue weighted by molar-refractivity contribution is -0.118. The quantitative estimate of drug-likeness (QED) is 0.642. The fourth-order valence-corrected chi connectivity index (χ4v) is 1.57. The zero-order valence-electron chi connectivity index (χ0n) is 12.9. The predicted octanol–water partition coefficient (Wildman–Crippen LogP) is 2.11. The molecular formula is C16H21N3O2. The van der Waals surface area contributed by atoms with Gasteiger partial charge in [0.2, 0.25) is 0 Å². The van der Waals surface area contributed by atoms with Crippen LogP contribution in [0.1, 0.15) is 26.3 Å². The van der Waals surface area contributed by atoms with Gasteiger partial charge in [0, 0.05) is 18.3 Å². The lowest BCUT2D eigenvalue weighted by Crippen LogP contribution is -2.41. The van der Waals surface area contributed by atoms with Gasteiger partial charge in [0.1, 0.15) is 17.4 Å². The first kappa shape index (κ1) is 16.6. The third kappa shape index (κ3) is 6.00. The van der Waals surface area contributed by atoms with E-state index in [1.165, 1.54) is 6.20 Å². The number of hydrogen-bond acceptors (Lipinski definition) is 4. The maximum Gasteiger partial charge on any atom is 0.263 e. The van der Waals surface area contributed by atoms with E-state index in [9.17, 15) is 4.79 Å². The standard InChI is InChI=1S/C16H21N3O2/c1-16(2,3)19-15(20)13(9-17)11-18-10-12-5-7-14(21-4)8-6-12/h5-8,11,18H,10H2,1-4H3,(H,19,20)/b13-11-. The molecule has 0 aliphatic carbocycles. The highest BCUT2D eigenvalue weighted by molar-refractivity contribution is 5.97. The zero-order valence-corrected chi connectivity index (χ0v) is 12.9. The van der Waals surface area contributed by atoms with E-state index < -0.39 is 0 Å². The molecule has 1 rings (SSSR count). The molecule has 112 valence electrons. The van der Waals surface area contributed by atoms with Crippen LogP contribution in [0.2, 0.25) is 0 Å². The summed E-state index contributed by atoms with van der Waals surface area (Å²) in [6.45, 7) is 6.12. The summed E-state index contributed by atoms with van der Waals surface area (Å²) in [7, 11) is 1.61. The van der Waals surface area contributed by atoms with Gasteiger partial charge < -0.3 is 15.4 Å². The van der Waals surface area contributed by atoms with Crippen LogP contribution in [0.25, 0.3) is 0 Å². The summed E-state index contributed by atoms with van der Waals surface area (Å²) in [6.07, 6.45) is 1.44. The molecule has 21 heavy (non-hydrogen) atoms. The largest absolute Gasteiger partial charge is 0.497 e. The molecule has 0 saturated carbocycles. The van der Waals surface area contributed by atoms with Crippen molar-refractivity contribution in [3.05, 3.63) is 41.6 Å². The summed E-state index contributed by atoms with van der Waals surface area (Å²) in [4.78, 5) is 11.9. The Labute approximate surface area is 125 Å². The van der Waals surface area contributed by atoms with Crippen LogP contribution < -0.4 is 15.4 Å². The molecule has 0 aromatic heterocycles. The van der Waals surface area contributed by atoms with Gasteiger partial charge in [-0.25, -0.2) is 0 Å². The van der Waals surface area contributed by atoms with E-state index in [4.69, 9.17) is 10.00 Å². The number of nitrogens with zero attached hydrogens (tertiary/aromatic N) is 1. The van der Waals surface area contributed by atoms with Crippen LogP contribution in [0, 0.1) is 11.3 Å². The van der Waals surface area contributed by atoms with E-state index in [-0.39, 0.29) is 17.0 Å². The van der Waals surface area contributed by atoms with Crippen molar-refractivity contribution in [1.29, 1.82) is 5.26 Å². The second kappa shape index (κ2) is 7.34. The second-order valence-corrected chi connectivity index (χ2v) is 5.60. The molecule has 1 aromatic rings. The van der Waals surface area contributed by atoms with Crippen LogP contribution in [0.3, 0.4) is 0 Å². The van der Waals surface area contributed by atoms with E-state index in [0.717, 1.165) is 11.3 Å². The fourth-order valence-electron chi connectivity index (χ4n) is 1.57. The lowest BCUT2D eigenvalue weighted by Gasteiger charge is -2.20. The molecule has 0 atom stereocenters. The molecule has 5 nitrogen and oxygen atoms in total. The van der Waals surface area contributed by atoms with Gasteiger partial charge in [-0.1, -0.05) is 12.1 Å². The van der Waals surface area contributed by atoms with Gasteiger partial charge in [0.15, 0.2) is 0 Å². The predicted molar refractivity (Wildman–Crippen MR) is 81.4 cm³/mol. The highest BCUT2D eigenvalue weighted by Gasteiger charge is 2.16. The average Bonchev–Trinajstić information content (AvgIpc) is 2.42. The van der Waals surface area contributed by atoms with E-state index in [0.29, 0.717) is 6.54 Å². The molecule has 0 saturated heterocycles. The number of benzene rings is 1. The number of nitrogens with one attached hydrogen (secondary N) is 2. The van der Waals surface area contributed by atoms with Gasteiger partial charge in [0.05, 0.1) is 7.11 Å². The van der Waals surface area contributed by atoms with Crippen molar-refractivity contribution in [3.8, 4) is 11.8 Å². The average molecular weight is 287 g/mol. The van der Waals surface area contributed by atoms with Crippen molar-refractivity contribution < 1.29 is 9.53 Å². The molecule has 2 N–H and O–H groups in total. The summed E-state index contributed by atoms with van der Waals surface area (Å²) in [5.41, 5.74) is 0.710. The minimum Gasteiger partial charge on any atom is -0.497 e. The Morgan fingerprint density at radius 2 is 1.95 bits per heavy atom. The van der Waals surface area contributed by atoms with Gasteiger partial charge >= 0.3 is 0 Å². The zero-order chi connectivity index (χ0) is 15.9. The minimum atomic E-state index is -0.382. The van der Waals surface area contributed by atoms with Crippen molar-refractivity contribution in [2.24, 2.45) is 0 Å². The summed E-state index contributed by atoms with van der Waals surface area (Å²) in [6, 6.07) is 9.45. The number of ether oxygens (including phenoxy) is 1. The molecule has 0 bridgehead atoms. The van der Waals surface area contributed by atoms with Crippen LogP contribution >= 0.6 is 0 Å². The van der Waals surface area contributed by atoms with Crippen molar-refractivity contribution in [3.63, 3.8) is 0 Å². The second-order valence-electron chi connectivity index (χ2n) is 5.60. The number of nitriles is 1. The van der Waals surface area contributed by atoms with Crippen molar-refractivity contribution in [2.45, 2.75) is 32.9 Å². The number of rotatable bonds is 5. The number of carbonyl (C=O) groups is 1. The van der Waals surface area contributed by atoms with E-state index in [2.05, 4.69) is 10.6 Å². The van der Waals surface area contributed by atoms with Crippen LogP contribution in [-0.2, 0) is 11.3 Å². The Bertz CT molecular complexity index is 548. The van der Waals surface area contributed by atoms with Crippen LogP contribution in [0.4, 0.5) is 0 Å². The van der Waals surface area contributed by atoms with Crippen molar-refractivity contribution in [2.75, 3.05) is 7.11 Å². The van der Waals surface area contributed by atoms with Gasteiger partial charge in [-0.05, 0) is 38.5 Å². The van der Waals surface area contributed by atoms with Gasteiger partial charge in [-0.3, -0.25) is 4.79 Å². The third-order valence-corrected chi connectivity index (χ3v) is 2.57. The summed E-state index contributed by atoms with van der Waals surface area (Å²) >= 11 is 0. The number of hydrogen-bond donors (Lipinski definition) is 2. The van der Waals surface area contributed by atoms with Crippen molar-refractivity contribution >= 4 is 5.91 Å². The molecule has 0 spiro atoms. The molecule has 0 aliphatic rings. The molecule has 1 aromatic carbocycles. The van der Waals surface area contributed by atoms with Crippen LogP contribution in [-0.4, -0.2) is 18.6 Å². The number of carbonyl (C=O) groups excluding carboxylic acids is 1. The molecule has 0 fully saturated rings. The topological polar surface area (TPSA) is 74.1 Å². The highest BCUT2D eigenvalue weighted by Crippen LogP contribution is 2.11. The first-order chi connectivity index (χ1) is 9.85. The molecule has 0 heterocycles. The maximum atomic E-state index is 11.9. The van der Waals surface area contributed by atoms with Gasteiger partial charge in [-0.2, -0.15) is 5.26 Å². The monoisotopic (exact) mass is 287 g/mol. The minimum absolute atomic E-state index is 0.0541. The van der Waals surface area contributed by atoms with Gasteiger partial charge in [-0.15, -0.1) is 0 Å². The smallest absolute Gasteiger partial charge is 0.263 e. The molecule has 1 amide bonds. The lowest BCUT2D eigenvalue weighted by atomic mass is 10.1. The van der Waals surface area contributed by atoms with Gasteiger partial charge in [0.25, 0.3) is 5.91 Å². The van der Waals surface area contributed by atoms with Crippen LogP contribution in [0.5, 0.6) is 5.75 Å². The summed E-state index contributed by atoms with van der Waals surface area (Å²) in [5, 5.41) is 14.7. The van der Waals surface area contributed by atoms with Crippen LogP contribution in [0.15, 0.2) is 36.0 Å². The summed E-state index contributed by atoms with van der Waals surface area (Å²) < 4.78 is 5.08. The molecule has 0 aliphatic heterocycles. The molecular weight excluding hydrogens is 266 g/mol. The first-order valence-electron chi connectivity index (χ1n) is 6.65. The normalized spacial score (nSPS) is 11.5. The number of amides is 1. The maximum absolute atomic E-state index is 11.9. The SMILES string of the molecule is COc1ccc(CN/C=C(/C#N)C(=O)NC(C)(C)C)cc1. The Hall–Kier alpha value is -2.48. The third-order valence-electron chi connectivity index (χ3n) is 2.57. The van der Waals surface area contributed by atoms with Crippen molar-refractivity contribution in [1.82, 2.24) is 10.6 Å². The Morgan fingerprint density at radius 3 is 2.43 bits per heavy atom. The fraction of sp³-hybridized carbons (Fsp3) is 0.375. The molecule has 5 heteroatoms. The molecule has 0 unspecified atom stereocenters. The first-order valence-corrected chi connectivity index (χ1v) is 6.65. The van der Waals surface area contributed by atoms with E-state index in [1.54, 1.807) is 7.11 Å². The molecule has 0 radical (unpaired) electrons. The Kier molecular flexibility index (Phi) is 5.79. The van der Waals surface area contributed by atoms with E-state index in [1.807, 2.05) is 51.1 Å². The summed E-state index contributed by atoms with van der Waals surface area (Å²) in [5.74, 6) is 0.406. The highest BCUT2D eigenvalue weighted by atomic mass is 16.5. The van der Waals surface area contributed by atoms with E-state index >= 15 is 0 Å².